The van der Waals surface area contributed by atoms with Gasteiger partial charge in [0, 0.05) is 19.3 Å². The third-order valence-corrected chi connectivity index (χ3v) is 2.93. The van der Waals surface area contributed by atoms with Gasteiger partial charge < -0.3 is 15.5 Å². The molecular weight excluding hydrogens is 218 g/mol. The molecule has 2 atom stereocenters. The van der Waals surface area contributed by atoms with E-state index in [-0.39, 0.29) is 18.3 Å². The first-order chi connectivity index (χ1) is 6.90. The maximum Gasteiger partial charge on any atom is 0.330 e. The number of aliphatic carboxylic acids is 1. The third-order valence-electron chi connectivity index (χ3n) is 2.43. The molecule has 0 spiro atoms. The Balaban J connectivity index is 4.95. The summed E-state index contributed by atoms with van der Waals surface area (Å²) in [6.07, 6.45) is 0.299. The molecule has 0 aromatic heterocycles. The van der Waals surface area contributed by atoms with Crippen LogP contribution in [0.5, 0.6) is 0 Å². The molecule has 3 N–H and O–H groups in total. The number of carbonyl (C=O) groups is 2. The number of amides is 1. The molecule has 0 aromatic carbocycles. The molecular formula is C9H17NO4S. The molecule has 0 aliphatic rings. The third kappa shape index (κ3) is 3.39. The molecule has 0 aliphatic carbocycles. The van der Waals surface area contributed by atoms with Crippen LogP contribution in [0.2, 0.25) is 0 Å². The Morgan fingerprint density at radius 3 is 2.33 bits per heavy atom. The summed E-state index contributed by atoms with van der Waals surface area (Å²) in [5, 5.41) is 20.3. The van der Waals surface area contributed by atoms with Gasteiger partial charge in [-0.1, -0.05) is 6.92 Å². The number of carbonyl (C=O) groups excluding carboxylic acids is 1. The Bertz CT molecular complexity index is 246. The van der Waals surface area contributed by atoms with Gasteiger partial charge in [-0.15, -0.1) is 0 Å². The monoisotopic (exact) mass is 235 g/mol. The number of aliphatic hydroxyl groups excluding tert-OH is 1. The molecule has 0 aliphatic heterocycles. The van der Waals surface area contributed by atoms with Crippen LogP contribution in [0.3, 0.4) is 0 Å². The van der Waals surface area contributed by atoms with E-state index < -0.39 is 17.4 Å². The topological polar surface area (TPSA) is 86.6 Å². The van der Waals surface area contributed by atoms with E-state index in [0.717, 1.165) is 0 Å². The van der Waals surface area contributed by atoms with Crippen LogP contribution in [-0.4, -0.2) is 40.0 Å². The minimum atomic E-state index is -1.41. The normalized spacial score (nSPS) is 16.5. The number of hydrogen-bond donors (Lipinski definition) is 4. The highest BCUT2D eigenvalue weighted by Gasteiger charge is 2.43. The quantitative estimate of drug-likeness (QED) is 0.484. The first kappa shape index (κ1) is 14.2. The van der Waals surface area contributed by atoms with Gasteiger partial charge in [0.25, 0.3) is 0 Å². The number of rotatable bonds is 6. The first-order valence-corrected chi connectivity index (χ1v) is 5.27. The molecule has 6 heteroatoms. The van der Waals surface area contributed by atoms with Crippen LogP contribution in [0.1, 0.15) is 20.3 Å². The van der Waals surface area contributed by atoms with Crippen molar-refractivity contribution in [3.05, 3.63) is 0 Å². The van der Waals surface area contributed by atoms with Gasteiger partial charge in [0.05, 0.1) is 0 Å². The molecule has 0 radical (unpaired) electrons. The molecule has 0 aromatic rings. The van der Waals surface area contributed by atoms with Gasteiger partial charge in [0.1, 0.15) is 5.54 Å². The van der Waals surface area contributed by atoms with Gasteiger partial charge in [-0.3, -0.25) is 4.79 Å². The van der Waals surface area contributed by atoms with Gasteiger partial charge in [-0.2, -0.15) is 12.6 Å². The van der Waals surface area contributed by atoms with E-state index in [1.54, 1.807) is 6.92 Å². The van der Waals surface area contributed by atoms with E-state index in [2.05, 4.69) is 17.9 Å². The minimum Gasteiger partial charge on any atom is -0.479 e. The fourth-order valence-electron chi connectivity index (χ4n) is 1.40. The van der Waals surface area contributed by atoms with E-state index in [0.29, 0.717) is 6.42 Å². The second-order valence-corrected chi connectivity index (χ2v) is 3.85. The highest BCUT2D eigenvalue weighted by molar-refractivity contribution is 7.80. The molecule has 15 heavy (non-hydrogen) atoms. The summed E-state index contributed by atoms with van der Waals surface area (Å²) in [6, 6.07) is 0. The summed E-state index contributed by atoms with van der Waals surface area (Å²) < 4.78 is 0. The highest BCUT2D eigenvalue weighted by Crippen LogP contribution is 2.22. The van der Waals surface area contributed by atoms with Crippen molar-refractivity contribution in [2.45, 2.75) is 25.8 Å². The molecule has 5 nitrogen and oxygen atoms in total. The lowest BCUT2D eigenvalue weighted by molar-refractivity contribution is -0.148. The molecule has 0 rings (SSSR count). The first-order valence-electron chi connectivity index (χ1n) is 4.64. The second-order valence-electron chi connectivity index (χ2n) is 3.53. The molecule has 0 fully saturated rings. The van der Waals surface area contributed by atoms with Crippen molar-refractivity contribution in [2.75, 3.05) is 12.4 Å². The molecule has 0 bridgehead atoms. The summed E-state index contributed by atoms with van der Waals surface area (Å²) >= 11 is 3.97. The van der Waals surface area contributed by atoms with Crippen LogP contribution in [-0.2, 0) is 9.59 Å². The van der Waals surface area contributed by atoms with E-state index in [1.165, 1.54) is 6.92 Å². The largest absolute Gasteiger partial charge is 0.479 e. The molecule has 1 unspecified atom stereocenters. The number of carboxylic acid groups (broad SMARTS) is 1. The molecule has 1 amide bonds. The Hall–Kier alpha value is -0.750. The van der Waals surface area contributed by atoms with Crippen molar-refractivity contribution < 1.29 is 19.8 Å². The Morgan fingerprint density at radius 1 is 1.53 bits per heavy atom. The van der Waals surface area contributed by atoms with Crippen molar-refractivity contribution >= 4 is 24.5 Å². The zero-order chi connectivity index (χ0) is 12.1. The summed E-state index contributed by atoms with van der Waals surface area (Å²) in [6.45, 7) is 2.80. The summed E-state index contributed by atoms with van der Waals surface area (Å²) in [5.41, 5.74) is -1.41. The fourth-order valence-corrected chi connectivity index (χ4v) is 1.93. The minimum absolute atomic E-state index is 0.0108. The van der Waals surface area contributed by atoms with Crippen LogP contribution in [0, 0.1) is 5.92 Å². The van der Waals surface area contributed by atoms with Crippen molar-refractivity contribution in [3.8, 4) is 0 Å². The lowest BCUT2D eigenvalue weighted by Gasteiger charge is -2.34. The van der Waals surface area contributed by atoms with E-state index in [1.807, 2.05) is 0 Å². The molecule has 88 valence electrons. The molecule has 0 saturated carbocycles. The summed E-state index contributed by atoms with van der Waals surface area (Å²) in [5.74, 6) is -1.95. The Kier molecular flexibility index (Phi) is 5.67. The maximum atomic E-state index is 11.2. The van der Waals surface area contributed by atoms with Gasteiger partial charge >= 0.3 is 5.97 Å². The van der Waals surface area contributed by atoms with E-state index >= 15 is 0 Å². The number of thiol groups is 1. The number of aliphatic hydroxyl groups is 1. The summed E-state index contributed by atoms with van der Waals surface area (Å²) in [4.78, 5) is 22.1. The van der Waals surface area contributed by atoms with Crippen LogP contribution in [0.25, 0.3) is 0 Å². The van der Waals surface area contributed by atoms with Crippen LogP contribution in [0.15, 0.2) is 0 Å². The standard InChI is InChI=1S/C9H17NO4S/c1-6(3-4-11)9(5-15,8(13)14)10-7(2)12/h6,11,15H,3-5H2,1-2H3,(H,10,12)(H,13,14)/t6?,9-/m1/s1. The predicted octanol–water partition coefficient (Wildman–Crippen LogP) is -0.106. The van der Waals surface area contributed by atoms with Gasteiger partial charge in [-0.25, -0.2) is 4.79 Å². The predicted molar refractivity (Wildman–Crippen MR) is 58.9 cm³/mol. The number of hydrogen-bond acceptors (Lipinski definition) is 4. The zero-order valence-corrected chi connectivity index (χ0v) is 9.75. The van der Waals surface area contributed by atoms with E-state index in [4.69, 9.17) is 10.2 Å². The van der Waals surface area contributed by atoms with Gasteiger partial charge in [0.15, 0.2) is 0 Å². The van der Waals surface area contributed by atoms with Crippen LogP contribution in [0.4, 0.5) is 0 Å². The van der Waals surface area contributed by atoms with E-state index in [9.17, 15) is 9.59 Å². The maximum absolute atomic E-state index is 11.2. The molecule has 0 heterocycles. The highest BCUT2D eigenvalue weighted by atomic mass is 32.1. The second kappa shape index (κ2) is 5.97. The SMILES string of the molecule is CC(=O)N[C@@](CS)(C(=O)O)C(C)CCO. The lowest BCUT2D eigenvalue weighted by Crippen LogP contribution is -2.60. The summed E-state index contributed by atoms with van der Waals surface area (Å²) in [7, 11) is 0. The number of carboxylic acids is 1. The smallest absolute Gasteiger partial charge is 0.330 e. The van der Waals surface area contributed by atoms with Crippen molar-refractivity contribution in [2.24, 2.45) is 5.92 Å². The van der Waals surface area contributed by atoms with Gasteiger partial charge in [-0.05, 0) is 12.3 Å². The van der Waals surface area contributed by atoms with Crippen molar-refractivity contribution in [1.29, 1.82) is 0 Å². The Labute approximate surface area is 94.3 Å². The van der Waals surface area contributed by atoms with Crippen LogP contribution < -0.4 is 5.32 Å². The van der Waals surface area contributed by atoms with Gasteiger partial charge in [0.2, 0.25) is 5.91 Å². The molecule has 0 saturated heterocycles. The number of nitrogens with one attached hydrogen (secondary N) is 1. The average Bonchev–Trinajstić information content (AvgIpc) is 2.13. The zero-order valence-electron chi connectivity index (χ0n) is 8.86. The Morgan fingerprint density at radius 2 is 2.07 bits per heavy atom. The van der Waals surface area contributed by atoms with Crippen LogP contribution >= 0.6 is 12.6 Å². The fraction of sp³-hybridized carbons (Fsp3) is 0.778. The average molecular weight is 235 g/mol. The van der Waals surface area contributed by atoms with Crippen molar-refractivity contribution in [3.63, 3.8) is 0 Å². The van der Waals surface area contributed by atoms with Crippen molar-refractivity contribution in [1.82, 2.24) is 5.32 Å². The lowest BCUT2D eigenvalue weighted by atomic mass is 9.84.